The van der Waals surface area contributed by atoms with Gasteiger partial charge in [0.2, 0.25) is 0 Å². The molecule has 16 heavy (non-hydrogen) atoms. The molecule has 0 aliphatic carbocycles. The average molecular weight is 284 g/mol. The maximum atomic E-state index is 5.83. The molecule has 1 aromatic rings. The van der Waals surface area contributed by atoms with E-state index < -0.39 is 0 Å². The first-order valence-electron chi connectivity index (χ1n) is 5.67. The molecule has 2 aliphatic rings. The number of halogens is 1. The molecule has 86 valence electrons. The first kappa shape index (κ1) is 10.4. The lowest BCUT2D eigenvalue weighted by Crippen LogP contribution is -2.24. The molecule has 3 rings (SSSR count). The summed E-state index contributed by atoms with van der Waals surface area (Å²) in [6.45, 7) is 3.43. The van der Waals surface area contributed by atoms with Crippen LogP contribution in [0.5, 0.6) is 11.5 Å². The van der Waals surface area contributed by atoms with Crippen LogP contribution in [0.25, 0.3) is 0 Å². The van der Waals surface area contributed by atoms with Crippen LogP contribution in [-0.4, -0.2) is 19.8 Å². The lowest BCUT2D eigenvalue weighted by atomic mass is 9.99. The Hall–Kier alpha value is -0.740. The predicted molar refractivity (Wildman–Crippen MR) is 65.2 cm³/mol. The second kappa shape index (κ2) is 4.26. The van der Waals surface area contributed by atoms with Gasteiger partial charge in [0.05, 0.1) is 13.2 Å². The van der Waals surface area contributed by atoms with Crippen molar-refractivity contribution in [1.29, 1.82) is 0 Å². The number of benzene rings is 1. The summed E-state index contributed by atoms with van der Waals surface area (Å²) in [5.41, 5.74) is 2.63. The van der Waals surface area contributed by atoms with E-state index in [4.69, 9.17) is 9.47 Å². The third-order valence-corrected chi connectivity index (χ3v) is 3.76. The number of ether oxygens (including phenoxy) is 2. The van der Waals surface area contributed by atoms with Crippen molar-refractivity contribution in [3.05, 3.63) is 21.7 Å². The van der Waals surface area contributed by atoms with Crippen LogP contribution in [0.3, 0.4) is 0 Å². The third-order valence-electron chi connectivity index (χ3n) is 3.05. The van der Waals surface area contributed by atoms with Crippen LogP contribution in [0.1, 0.15) is 17.5 Å². The SMILES string of the molecule is Brc1cc2c(c3c1CNCC3)OCCCO2. The van der Waals surface area contributed by atoms with E-state index in [2.05, 4.69) is 21.2 Å². The lowest BCUT2D eigenvalue weighted by Gasteiger charge is -2.22. The topological polar surface area (TPSA) is 30.5 Å². The molecule has 2 heterocycles. The highest BCUT2D eigenvalue weighted by atomic mass is 79.9. The van der Waals surface area contributed by atoms with E-state index in [1.165, 1.54) is 11.1 Å². The standard InChI is InChI=1S/C12H14BrNO2/c13-10-6-11-12(16-5-1-4-15-11)8-2-3-14-7-9(8)10/h6,14H,1-5,7H2. The maximum absolute atomic E-state index is 5.83. The highest BCUT2D eigenvalue weighted by Gasteiger charge is 2.22. The Labute approximate surface area is 103 Å². The number of fused-ring (bicyclic) bond motifs is 3. The van der Waals surface area contributed by atoms with Gasteiger partial charge in [0.1, 0.15) is 0 Å². The zero-order valence-electron chi connectivity index (χ0n) is 9.01. The molecular formula is C12H14BrNO2. The first-order chi connectivity index (χ1) is 7.86. The van der Waals surface area contributed by atoms with Crippen molar-refractivity contribution in [3.8, 4) is 11.5 Å². The number of rotatable bonds is 0. The van der Waals surface area contributed by atoms with Crippen molar-refractivity contribution in [3.63, 3.8) is 0 Å². The Kier molecular flexibility index (Phi) is 2.77. The van der Waals surface area contributed by atoms with Crippen molar-refractivity contribution < 1.29 is 9.47 Å². The van der Waals surface area contributed by atoms with Crippen LogP contribution in [0.4, 0.5) is 0 Å². The maximum Gasteiger partial charge on any atom is 0.164 e. The minimum Gasteiger partial charge on any atom is -0.490 e. The molecule has 0 bridgehead atoms. The Morgan fingerprint density at radius 1 is 1.19 bits per heavy atom. The van der Waals surface area contributed by atoms with E-state index in [9.17, 15) is 0 Å². The molecule has 4 heteroatoms. The van der Waals surface area contributed by atoms with Crippen molar-refractivity contribution in [2.75, 3.05) is 19.8 Å². The summed E-state index contributed by atoms with van der Waals surface area (Å²) in [7, 11) is 0. The average Bonchev–Trinajstić information content (AvgIpc) is 2.55. The van der Waals surface area contributed by atoms with Gasteiger partial charge in [-0.3, -0.25) is 0 Å². The minimum atomic E-state index is 0.747. The molecule has 0 saturated carbocycles. The van der Waals surface area contributed by atoms with E-state index in [1.807, 2.05) is 6.07 Å². The van der Waals surface area contributed by atoms with E-state index in [1.54, 1.807) is 0 Å². The fourth-order valence-corrected chi connectivity index (χ4v) is 2.85. The van der Waals surface area contributed by atoms with Crippen molar-refractivity contribution in [2.24, 2.45) is 0 Å². The molecular weight excluding hydrogens is 270 g/mol. The summed E-state index contributed by atoms with van der Waals surface area (Å²) in [6, 6.07) is 2.03. The number of hydrogen-bond donors (Lipinski definition) is 1. The molecule has 1 aromatic carbocycles. The predicted octanol–water partition coefficient (Wildman–Crippen LogP) is 2.26. The van der Waals surface area contributed by atoms with Crippen molar-refractivity contribution in [2.45, 2.75) is 19.4 Å². The fraction of sp³-hybridized carbons (Fsp3) is 0.500. The Morgan fingerprint density at radius 2 is 2.06 bits per heavy atom. The van der Waals surface area contributed by atoms with Gasteiger partial charge in [0.15, 0.2) is 11.5 Å². The van der Waals surface area contributed by atoms with E-state index >= 15 is 0 Å². The van der Waals surface area contributed by atoms with Gasteiger partial charge in [-0.2, -0.15) is 0 Å². The zero-order chi connectivity index (χ0) is 11.0. The van der Waals surface area contributed by atoms with Crippen molar-refractivity contribution in [1.82, 2.24) is 5.32 Å². The van der Waals surface area contributed by atoms with Gasteiger partial charge in [0.25, 0.3) is 0 Å². The number of nitrogens with one attached hydrogen (secondary N) is 1. The summed E-state index contributed by atoms with van der Waals surface area (Å²) in [6.07, 6.45) is 1.97. The Bertz CT molecular complexity index is 420. The van der Waals surface area contributed by atoms with Crippen LogP contribution < -0.4 is 14.8 Å². The summed E-state index contributed by atoms with van der Waals surface area (Å²) < 4.78 is 12.7. The van der Waals surface area contributed by atoms with Crippen LogP contribution >= 0.6 is 15.9 Å². The second-order valence-corrected chi connectivity index (χ2v) is 4.97. The van der Waals surface area contributed by atoms with Crippen LogP contribution in [-0.2, 0) is 13.0 Å². The van der Waals surface area contributed by atoms with Gasteiger partial charge in [-0.25, -0.2) is 0 Å². The molecule has 0 fully saturated rings. The molecule has 0 saturated heterocycles. The van der Waals surface area contributed by atoms with Crippen LogP contribution in [0.2, 0.25) is 0 Å². The first-order valence-corrected chi connectivity index (χ1v) is 6.46. The van der Waals surface area contributed by atoms with E-state index in [0.29, 0.717) is 0 Å². The summed E-state index contributed by atoms with van der Waals surface area (Å²) >= 11 is 3.61. The molecule has 0 unspecified atom stereocenters. The van der Waals surface area contributed by atoms with Gasteiger partial charge < -0.3 is 14.8 Å². The summed E-state index contributed by atoms with van der Waals surface area (Å²) in [4.78, 5) is 0. The molecule has 0 atom stereocenters. The highest BCUT2D eigenvalue weighted by Crippen LogP contribution is 2.40. The molecule has 0 spiro atoms. The van der Waals surface area contributed by atoms with Gasteiger partial charge in [0, 0.05) is 23.0 Å². The second-order valence-electron chi connectivity index (χ2n) is 4.12. The minimum absolute atomic E-state index is 0.747. The molecule has 3 nitrogen and oxygen atoms in total. The van der Waals surface area contributed by atoms with Crippen LogP contribution in [0.15, 0.2) is 10.5 Å². The molecule has 2 aliphatic heterocycles. The normalized spacial score (nSPS) is 18.8. The molecule has 0 radical (unpaired) electrons. The summed E-state index contributed by atoms with van der Waals surface area (Å²) in [5.74, 6) is 1.86. The largest absolute Gasteiger partial charge is 0.490 e. The van der Waals surface area contributed by atoms with Gasteiger partial charge >= 0.3 is 0 Å². The van der Waals surface area contributed by atoms with Crippen LogP contribution in [0, 0.1) is 0 Å². The van der Waals surface area contributed by atoms with Gasteiger partial charge in [-0.05, 0) is 24.6 Å². The molecule has 1 N–H and O–H groups in total. The molecule has 0 aromatic heterocycles. The Morgan fingerprint density at radius 3 is 3.00 bits per heavy atom. The Balaban J connectivity index is 2.14. The summed E-state index contributed by atoms with van der Waals surface area (Å²) in [5, 5.41) is 3.38. The van der Waals surface area contributed by atoms with Crippen molar-refractivity contribution >= 4 is 15.9 Å². The van der Waals surface area contributed by atoms with Gasteiger partial charge in [-0.1, -0.05) is 15.9 Å². The smallest absolute Gasteiger partial charge is 0.164 e. The monoisotopic (exact) mass is 283 g/mol. The quantitative estimate of drug-likeness (QED) is 0.792. The highest BCUT2D eigenvalue weighted by molar-refractivity contribution is 9.10. The van der Waals surface area contributed by atoms with E-state index in [0.717, 1.165) is 55.1 Å². The molecule has 0 amide bonds. The van der Waals surface area contributed by atoms with Gasteiger partial charge in [-0.15, -0.1) is 0 Å². The zero-order valence-corrected chi connectivity index (χ0v) is 10.6. The fourth-order valence-electron chi connectivity index (χ4n) is 2.26. The number of hydrogen-bond acceptors (Lipinski definition) is 3. The third kappa shape index (κ3) is 1.70. The lowest BCUT2D eigenvalue weighted by molar-refractivity contribution is 0.296. The van der Waals surface area contributed by atoms with E-state index in [-0.39, 0.29) is 0 Å².